The first-order valence-electron chi connectivity index (χ1n) is 14.5. The molecule has 3 rings (SSSR count). The van der Waals surface area contributed by atoms with Crippen molar-refractivity contribution in [1.29, 1.82) is 0 Å². The first kappa shape index (κ1) is 35.1. The molecule has 0 spiro atoms. The summed E-state index contributed by atoms with van der Waals surface area (Å²) in [5.74, 6) is -0.402. The van der Waals surface area contributed by atoms with Crippen LogP contribution in [0.3, 0.4) is 0 Å². The van der Waals surface area contributed by atoms with Crippen LogP contribution in [0.1, 0.15) is 52.0 Å². The molecule has 0 amide bonds. The Morgan fingerprint density at radius 2 is 1.11 bits per heavy atom. The highest BCUT2D eigenvalue weighted by atomic mass is 17.2. The smallest absolute Gasteiger partial charge is 0.365 e. The van der Waals surface area contributed by atoms with E-state index >= 15 is 0 Å². The number of hydrogen-bond donors (Lipinski definition) is 0. The third-order valence-electron chi connectivity index (χ3n) is 6.16. The van der Waals surface area contributed by atoms with Crippen molar-refractivity contribution in [2.24, 2.45) is 0 Å². The maximum Gasteiger partial charge on any atom is 0.365 e. The fourth-order valence-electron chi connectivity index (χ4n) is 3.71. The zero-order valence-electron chi connectivity index (χ0n) is 25.6. The van der Waals surface area contributed by atoms with Crippen molar-refractivity contribution >= 4 is 23.9 Å². The summed E-state index contributed by atoms with van der Waals surface area (Å²) in [6.07, 6.45) is 4.77. The Morgan fingerprint density at radius 1 is 0.609 bits per heavy atom. The molecule has 0 atom stereocenters. The standard InChI is InChI=1S/C35H36O11/c1-4-32(36)42-22-7-6-20-40-29-16-12-27(13-17-29)35(39)45-31-19-18-30(24-25(31)3)44-34(38)26-10-14-28(15-11-26)41-21-8-9-23-43-46-33(37)5-2/h4-5,10-19,24H,1-2,6-9,20-23H2,3H3. The molecule has 0 aromatic heterocycles. The maximum absolute atomic E-state index is 12.7. The van der Waals surface area contributed by atoms with Gasteiger partial charge in [0.1, 0.15) is 23.0 Å². The first-order chi connectivity index (χ1) is 22.3. The molecule has 0 unspecified atom stereocenters. The van der Waals surface area contributed by atoms with Gasteiger partial charge in [-0.15, -0.1) is 0 Å². The second kappa shape index (κ2) is 19.1. The minimum atomic E-state index is -0.648. The van der Waals surface area contributed by atoms with Gasteiger partial charge in [-0.2, -0.15) is 4.89 Å². The largest absolute Gasteiger partial charge is 0.494 e. The molecule has 0 aliphatic rings. The third-order valence-corrected chi connectivity index (χ3v) is 6.16. The summed E-state index contributed by atoms with van der Waals surface area (Å²) in [7, 11) is 0. The Kier molecular flexibility index (Phi) is 14.5. The van der Waals surface area contributed by atoms with E-state index in [-0.39, 0.29) is 6.61 Å². The van der Waals surface area contributed by atoms with Gasteiger partial charge in [-0.05, 0) is 105 Å². The molecule has 3 aromatic rings. The fourth-order valence-corrected chi connectivity index (χ4v) is 3.71. The monoisotopic (exact) mass is 632 g/mol. The highest BCUT2D eigenvalue weighted by molar-refractivity contribution is 5.92. The number of carbonyl (C=O) groups excluding carboxylic acids is 4. The lowest BCUT2D eigenvalue weighted by molar-refractivity contribution is -0.267. The lowest BCUT2D eigenvalue weighted by Crippen LogP contribution is -2.11. The van der Waals surface area contributed by atoms with Crippen LogP contribution in [0.2, 0.25) is 0 Å². The van der Waals surface area contributed by atoms with Gasteiger partial charge in [0.25, 0.3) is 0 Å². The quantitative estimate of drug-likeness (QED) is 0.0377. The van der Waals surface area contributed by atoms with Gasteiger partial charge in [0.2, 0.25) is 0 Å². The molecular weight excluding hydrogens is 596 g/mol. The number of aryl methyl sites for hydroxylation is 1. The van der Waals surface area contributed by atoms with Crippen molar-refractivity contribution in [2.45, 2.75) is 32.6 Å². The Morgan fingerprint density at radius 3 is 1.65 bits per heavy atom. The molecule has 11 heteroatoms. The van der Waals surface area contributed by atoms with Crippen molar-refractivity contribution in [2.75, 3.05) is 26.4 Å². The van der Waals surface area contributed by atoms with Gasteiger partial charge in [-0.25, -0.2) is 19.2 Å². The molecule has 0 N–H and O–H groups in total. The van der Waals surface area contributed by atoms with E-state index in [1.165, 1.54) is 0 Å². The van der Waals surface area contributed by atoms with Crippen molar-refractivity contribution < 1.29 is 52.6 Å². The summed E-state index contributed by atoms with van der Waals surface area (Å²) >= 11 is 0. The van der Waals surface area contributed by atoms with Gasteiger partial charge < -0.3 is 23.7 Å². The van der Waals surface area contributed by atoms with Crippen LogP contribution in [0.25, 0.3) is 0 Å². The molecule has 242 valence electrons. The van der Waals surface area contributed by atoms with Gasteiger partial charge in [0.05, 0.1) is 37.6 Å². The van der Waals surface area contributed by atoms with Crippen LogP contribution >= 0.6 is 0 Å². The van der Waals surface area contributed by atoms with Crippen LogP contribution in [0.4, 0.5) is 0 Å². The van der Waals surface area contributed by atoms with Crippen molar-refractivity contribution in [3.63, 3.8) is 0 Å². The lowest BCUT2D eigenvalue weighted by Gasteiger charge is -2.11. The number of ether oxygens (including phenoxy) is 5. The Hall–Kier alpha value is -5.42. The van der Waals surface area contributed by atoms with Gasteiger partial charge >= 0.3 is 23.9 Å². The molecule has 11 nitrogen and oxygen atoms in total. The van der Waals surface area contributed by atoms with Crippen molar-refractivity contribution in [3.8, 4) is 23.0 Å². The highest BCUT2D eigenvalue weighted by Crippen LogP contribution is 2.26. The summed E-state index contributed by atoms with van der Waals surface area (Å²) in [6.45, 7) is 9.73. The number of carbonyl (C=O) groups is 4. The summed E-state index contributed by atoms with van der Waals surface area (Å²) in [5, 5.41) is 0. The van der Waals surface area contributed by atoms with Gasteiger partial charge in [0.15, 0.2) is 0 Å². The molecule has 0 bridgehead atoms. The fraction of sp³-hybridized carbons (Fsp3) is 0.257. The Bertz CT molecular complexity index is 1480. The van der Waals surface area contributed by atoms with Gasteiger partial charge in [0, 0.05) is 12.2 Å². The normalized spacial score (nSPS) is 10.3. The third kappa shape index (κ3) is 12.3. The van der Waals surface area contributed by atoms with Crippen LogP contribution in [0.5, 0.6) is 23.0 Å². The Labute approximate surface area is 267 Å². The average molecular weight is 633 g/mol. The van der Waals surface area contributed by atoms with E-state index < -0.39 is 23.9 Å². The molecule has 0 saturated carbocycles. The molecule has 0 radical (unpaired) electrons. The molecule has 46 heavy (non-hydrogen) atoms. The van der Waals surface area contributed by atoms with E-state index in [0.29, 0.717) is 85.2 Å². The van der Waals surface area contributed by atoms with E-state index in [9.17, 15) is 19.2 Å². The van der Waals surface area contributed by atoms with Crippen LogP contribution in [0.15, 0.2) is 92.0 Å². The van der Waals surface area contributed by atoms with Gasteiger partial charge in [-0.3, -0.25) is 4.89 Å². The average Bonchev–Trinajstić information content (AvgIpc) is 3.07. The SMILES string of the molecule is C=CC(=O)OCCCCOc1ccc(C(=O)Oc2ccc(OC(=O)c3ccc(OCCCCOOC(=O)C=C)cc3)cc2C)cc1. The summed E-state index contributed by atoms with van der Waals surface area (Å²) < 4.78 is 27.3. The van der Waals surface area contributed by atoms with Gasteiger partial charge in [-0.1, -0.05) is 13.2 Å². The van der Waals surface area contributed by atoms with Crippen LogP contribution in [-0.4, -0.2) is 50.3 Å². The van der Waals surface area contributed by atoms with Crippen LogP contribution in [0, 0.1) is 6.92 Å². The van der Waals surface area contributed by atoms with E-state index in [1.807, 2.05) is 0 Å². The minimum Gasteiger partial charge on any atom is -0.494 e. The molecule has 0 aliphatic carbocycles. The number of esters is 3. The molecule has 0 heterocycles. The van der Waals surface area contributed by atoms with Crippen LogP contribution in [-0.2, 0) is 24.1 Å². The zero-order chi connectivity index (χ0) is 33.1. The first-order valence-corrected chi connectivity index (χ1v) is 14.5. The summed E-state index contributed by atoms with van der Waals surface area (Å²) in [4.78, 5) is 56.4. The minimum absolute atomic E-state index is 0.238. The van der Waals surface area contributed by atoms with Crippen molar-refractivity contribution in [3.05, 3.63) is 109 Å². The predicted octanol–water partition coefficient (Wildman–Crippen LogP) is 6.14. The number of benzene rings is 3. The van der Waals surface area contributed by atoms with E-state index in [2.05, 4.69) is 18.0 Å². The lowest BCUT2D eigenvalue weighted by atomic mass is 10.2. The van der Waals surface area contributed by atoms with E-state index in [0.717, 1.165) is 12.2 Å². The number of unbranched alkanes of at least 4 members (excludes halogenated alkanes) is 2. The number of hydrogen-bond acceptors (Lipinski definition) is 11. The molecule has 0 saturated heterocycles. The molecule has 0 fully saturated rings. The summed E-state index contributed by atoms with van der Waals surface area (Å²) in [6, 6.07) is 17.8. The highest BCUT2D eigenvalue weighted by Gasteiger charge is 2.14. The second-order valence-corrected chi connectivity index (χ2v) is 9.67. The van der Waals surface area contributed by atoms with E-state index in [4.69, 9.17) is 28.6 Å². The van der Waals surface area contributed by atoms with Crippen molar-refractivity contribution in [1.82, 2.24) is 0 Å². The molecular formula is C35H36O11. The molecule has 0 aliphatic heterocycles. The Balaban J connectivity index is 1.40. The van der Waals surface area contributed by atoms with Crippen LogP contribution < -0.4 is 18.9 Å². The maximum atomic E-state index is 12.7. The zero-order valence-corrected chi connectivity index (χ0v) is 25.6. The predicted molar refractivity (Wildman–Crippen MR) is 167 cm³/mol. The number of rotatable bonds is 19. The molecule has 3 aromatic carbocycles. The topological polar surface area (TPSA) is 133 Å². The summed E-state index contributed by atoms with van der Waals surface area (Å²) in [5.41, 5.74) is 1.27. The van der Waals surface area contributed by atoms with E-state index in [1.54, 1.807) is 73.7 Å². The second-order valence-electron chi connectivity index (χ2n) is 9.67.